The number of hydrogen-bond acceptors (Lipinski definition) is 4. The van der Waals surface area contributed by atoms with E-state index in [0.717, 1.165) is 19.3 Å². The van der Waals surface area contributed by atoms with Crippen LogP contribution in [-0.2, 0) is 4.79 Å². The molecule has 6 nitrogen and oxygen atoms in total. The maximum absolute atomic E-state index is 11.9. The zero-order valence-electron chi connectivity index (χ0n) is 12.5. The van der Waals surface area contributed by atoms with Crippen molar-refractivity contribution in [1.82, 2.24) is 5.32 Å². The maximum atomic E-state index is 11.9. The highest BCUT2D eigenvalue weighted by Gasteiger charge is 2.34. The third-order valence-corrected chi connectivity index (χ3v) is 3.68. The third kappa shape index (κ3) is 7.24. The molecule has 0 saturated heterocycles. The normalized spacial score (nSPS) is 12.5. The predicted molar refractivity (Wildman–Crippen MR) is 93.1 cm³/mol. The molecule has 128 valence electrons. The van der Waals surface area contributed by atoms with Gasteiger partial charge in [0.2, 0.25) is 9.70 Å². The number of halogens is 3. The van der Waals surface area contributed by atoms with Gasteiger partial charge in [0.15, 0.2) is 0 Å². The van der Waals surface area contributed by atoms with Crippen molar-refractivity contribution in [1.29, 1.82) is 0 Å². The van der Waals surface area contributed by atoms with Crippen molar-refractivity contribution in [3.8, 4) is 0 Å². The molecular formula is C14H18Cl3N3O3. The molecule has 0 fully saturated rings. The number of unbranched alkanes of at least 4 members (excludes halogenated alkanes) is 2. The highest BCUT2D eigenvalue weighted by molar-refractivity contribution is 6.68. The average Bonchev–Trinajstić information content (AvgIpc) is 2.46. The summed E-state index contributed by atoms with van der Waals surface area (Å²) in [4.78, 5) is 22.0. The van der Waals surface area contributed by atoms with Gasteiger partial charge in [0.05, 0.1) is 4.92 Å². The summed E-state index contributed by atoms with van der Waals surface area (Å²) >= 11 is 17.6. The Morgan fingerprint density at radius 2 is 1.87 bits per heavy atom. The monoisotopic (exact) mass is 381 g/mol. The van der Waals surface area contributed by atoms with Gasteiger partial charge in [-0.1, -0.05) is 54.6 Å². The smallest absolute Gasteiger partial charge is 0.269 e. The van der Waals surface area contributed by atoms with Crippen LogP contribution >= 0.6 is 34.8 Å². The SMILES string of the molecule is CCCCCC(=O)N[C@H](Nc1ccc([N+](=O)[O-])cc1)C(Cl)(Cl)Cl. The molecule has 0 unspecified atom stereocenters. The number of rotatable bonds is 8. The van der Waals surface area contributed by atoms with Crippen molar-refractivity contribution in [3.63, 3.8) is 0 Å². The summed E-state index contributed by atoms with van der Waals surface area (Å²) in [6.45, 7) is 2.04. The van der Waals surface area contributed by atoms with Gasteiger partial charge in [-0.05, 0) is 18.6 Å². The summed E-state index contributed by atoms with van der Waals surface area (Å²) in [6, 6.07) is 5.59. The van der Waals surface area contributed by atoms with Crippen molar-refractivity contribution in [3.05, 3.63) is 34.4 Å². The van der Waals surface area contributed by atoms with E-state index in [-0.39, 0.29) is 11.6 Å². The molecular weight excluding hydrogens is 365 g/mol. The van der Waals surface area contributed by atoms with Crippen LogP contribution in [0.25, 0.3) is 0 Å². The number of amides is 1. The van der Waals surface area contributed by atoms with E-state index in [4.69, 9.17) is 34.8 Å². The molecule has 2 N–H and O–H groups in total. The first-order chi connectivity index (χ1) is 10.7. The molecule has 0 aromatic heterocycles. The summed E-state index contributed by atoms with van der Waals surface area (Å²) in [5, 5.41) is 16.1. The second-order valence-electron chi connectivity index (χ2n) is 4.95. The van der Waals surface area contributed by atoms with E-state index >= 15 is 0 Å². The van der Waals surface area contributed by atoms with Gasteiger partial charge in [-0.25, -0.2) is 0 Å². The summed E-state index contributed by atoms with van der Waals surface area (Å²) in [7, 11) is 0. The van der Waals surface area contributed by atoms with E-state index in [9.17, 15) is 14.9 Å². The molecule has 0 aliphatic carbocycles. The molecule has 9 heteroatoms. The van der Waals surface area contributed by atoms with Crippen LogP contribution in [-0.4, -0.2) is 20.8 Å². The Labute approximate surface area is 149 Å². The number of carbonyl (C=O) groups is 1. The molecule has 0 saturated carbocycles. The summed E-state index contributed by atoms with van der Waals surface area (Å²) in [5.74, 6) is -0.232. The zero-order valence-corrected chi connectivity index (χ0v) is 14.8. The van der Waals surface area contributed by atoms with Crippen molar-refractivity contribution < 1.29 is 9.72 Å². The van der Waals surface area contributed by atoms with E-state index in [1.807, 2.05) is 6.92 Å². The van der Waals surface area contributed by atoms with Gasteiger partial charge in [0.25, 0.3) is 5.69 Å². The topological polar surface area (TPSA) is 84.3 Å². The van der Waals surface area contributed by atoms with Crippen LogP contribution in [0.5, 0.6) is 0 Å². The Morgan fingerprint density at radius 1 is 1.26 bits per heavy atom. The van der Waals surface area contributed by atoms with E-state index in [1.54, 1.807) is 0 Å². The Balaban J connectivity index is 2.71. The second kappa shape index (κ2) is 9.15. The Hall–Kier alpha value is -1.24. The van der Waals surface area contributed by atoms with E-state index in [0.29, 0.717) is 12.1 Å². The number of benzene rings is 1. The van der Waals surface area contributed by atoms with Crippen LogP contribution in [0.15, 0.2) is 24.3 Å². The van der Waals surface area contributed by atoms with Crippen molar-refractivity contribution in [2.75, 3.05) is 5.32 Å². The minimum Gasteiger partial charge on any atom is -0.362 e. The molecule has 23 heavy (non-hydrogen) atoms. The number of carbonyl (C=O) groups excluding carboxylic acids is 1. The summed E-state index contributed by atoms with van der Waals surface area (Å²) in [6.07, 6.45) is 2.09. The number of nitro benzene ring substituents is 1. The molecule has 1 rings (SSSR count). The Morgan fingerprint density at radius 3 is 2.35 bits per heavy atom. The first-order valence-corrected chi connectivity index (χ1v) is 8.24. The zero-order chi connectivity index (χ0) is 17.5. The molecule has 1 aromatic rings. The van der Waals surface area contributed by atoms with Crippen molar-refractivity contribution in [2.24, 2.45) is 0 Å². The van der Waals surface area contributed by atoms with Gasteiger partial charge in [-0.3, -0.25) is 14.9 Å². The predicted octanol–water partition coefficient (Wildman–Crippen LogP) is 4.40. The molecule has 1 atom stereocenters. The van der Waals surface area contributed by atoms with Crippen molar-refractivity contribution >= 4 is 52.1 Å². The molecule has 0 spiro atoms. The van der Waals surface area contributed by atoms with Crippen LogP contribution in [0.1, 0.15) is 32.6 Å². The Bertz CT molecular complexity index is 532. The van der Waals surface area contributed by atoms with Gasteiger partial charge in [-0.15, -0.1) is 0 Å². The maximum Gasteiger partial charge on any atom is 0.269 e. The lowest BCUT2D eigenvalue weighted by Crippen LogP contribution is -2.49. The van der Waals surface area contributed by atoms with Gasteiger partial charge in [0.1, 0.15) is 6.17 Å². The number of nitro groups is 1. The molecule has 0 bridgehead atoms. The van der Waals surface area contributed by atoms with Crippen LogP contribution in [0.3, 0.4) is 0 Å². The van der Waals surface area contributed by atoms with Crippen molar-refractivity contribution in [2.45, 2.75) is 42.6 Å². The second-order valence-corrected chi connectivity index (χ2v) is 7.32. The standard InChI is InChI=1S/C14H18Cl3N3O3/c1-2-3-4-5-12(21)19-13(14(15,16)17)18-10-6-8-11(9-7-10)20(22)23/h6-9,13,18H,2-5H2,1H3,(H,19,21)/t13-/m0/s1. The lowest BCUT2D eigenvalue weighted by molar-refractivity contribution is -0.384. The van der Waals surface area contributed by atoms with Crippen LogP contribution in [0.2, 0.25) is 0 Å². The number of nitrogens with one attached hydrogen (secondary N) is 2. The summed E-state index contributed by atoms with van der Waals surface area (Å²) in [5.41, 5.74) is 0.436. The fourth-order valence-electron chi connectivity index (χ4n) is 1.81. The molecule has 0 aliphatic rings. The third-order valence-electron chi connectivity index (χ3n) is 3.03. The van der Waals surface area contributed by atoms with E-state index in [1.165, 1.54) is 24.3 Å². The Kier molecular flexibility index (Phi) is 7.88. The summed E-state index contributed by atoms with van der Waals surface area (Å²) < 4.78 is -1.78. The van der Waals surface area contributed by atoms with Gasteiger partial charge < -0.3 is 10.6 Å². The number of anilines is 1. The molecule has 0 heterocycles. The number of hydrogen-bond donors (Lipinski definition) is 2. The fourth-order valence-corrected chi connectivity index (χ4v) is 2.14. The average molecular weight is 383 g/mol. The number of alkyl halides is 3. The van der Waals surface area contributed by atoms with Gasteiger partial charge >= 0.3 is 0 Å². The number of non-ortho nitro benzene ring substituents is 1. The van der Waals surface area contributed by atoms with Gasteiger partial charge in [-0.2, -0.15) is 0 Å². The van der Waals surface area contributed by atoms with E-state index in [2.05, 4.69) is 10.6 Å². The highest BCUT2D eigenvalue weighted by atomic mass is 35.6. The molecule has 1 aromatic carbocycles. The largest absolute Gasteiger partial charge is 0.362 e. The minimum atomic E-state index is -1.78. The lowest BCUT2D eigenvalue weighted by Gasteiger charge is -2.27. The number of nitrogens with zero attached hydrogens (tertiary/aromatic N) is 1. The molecule has 1 amide bonds. The van der Waals surface area contributed by atoms with E-state index < -0.39 is 14.9 Å². The first kappa shape index (κ1) is 19.8. The van der Waals surface area contributed by atoms with Crippen LogP contribution < -0.4 is 10.6 Å². The molecule has 0 radical (unpaired) electrons. The van der Waals surface area contributed by atoms with Crippen LogP contribution in [0.4, 0.5) is 11.4 Å². The van der Waals surface area contributed by atoms with Crippen LogP contribution in [0, 0.1) is 10.1 Å². The fraction of sp³-hybridized carbons (Fsp3) is 0.500. The highest BCUT2D eigenvalue weighted by Crippen LogP contribution is 2.31. The van der Waals surface area contributed by atoms with Gasteiger partial charge in [0, 0.05) is 24.2 Å². The lowest BCUT2D eigenvalue weighted by atomic mass is 10.2. The minimum absolute atomic E-state index is 0.0513. The molecule has 0 aliphatic heterocycles. The first-order valence-electron chi connectivity index (χ1n) is 7.11. The quantitative estimate of drug-likeness (QED) is 0.229.